The largest absolute Gasteiger partial charge is 0.469 e. The Hall–Kier alpha value is -2.12. The van der Waals surface area contributed by atoms with Crippen LogP contribution >= 0.6 is 0 Å². The van der Waals surface area contributed by atoms with Gasteiger partial charge in [-0.05, 0) is 6.42 Å². The van der Waals surface area contributed by atoms with Gasteiger partial charge in [0.25, 0.3) is 0 Å². The Morgan fingerprint density at radius 2 is 1.78 bits per heavy atom. The molecule has 0 saturated carbocycles. The predicted molar refractivity (Wildman–Crippen MR) is 76.1 cm³/mol. The van der Waals surface area contributed by atoms with Gasteiger partial charge in [-0.15, -0.1) is 0 Å². The van der Waals surface area contributed by atoms with Gasteiger partial charge in [0.2, 0.25) is 0 Å². The van der Waals surface area contributed by atoms with Gasteiger partial charge in [-0.3, -0.25) is 19.2 Å². The molecule has 1 aliphatic heterocycles. The van der Waals surface area contributed by atoms with Crippen molar-refractivity contribution in [3.63, 3.8) is 0 Å². The fraction of sp³-hybridized carbons (Fsp3) is 0.733. The quantitative estimate of drug-likeness (QED) is 0.477. The number of ether oxygens (including phenoxy) is 4. The Bertz CT molecular complexity index is 458. The molecule has 0 aromatic carbocycles. The Kier molecular flexibility index (Phi) is 7.50. The minimum absolute atomic E-state index is 0.127. The van der Waals surface area contributed by atoms with Crippen molar-refractivity contribution >= 4 is 23.9 Å². The maximum atomic E-state index is 11.4. The number of methoxy groups -OCH3 is 1. The van der Waals surface area contributed by atoms with E-state index in [1.54, 1.807) is 0 Å². The smallest absolute Gasteiger partial charge is 0.309 e. The van der Waals surface area contributed by atoms with E-state index in [2.05, 4.69) is 4.74 Å². The molecule has 0 N–H and O–H groups in total. The van der Waals surface area contributed by atoms with Gasteiger partial charge in [-0.2, -0.15) is 0 Å². The lowest BCUT2D eigenvalue weighted by molar-refractivity contribution is -0.157. The molecular formula is C15H22O8. The minimum atomic E-state index is -0.776. The Morgan fingerprint density at radius 3 is 2.26 bits per heavy atom. The van der Waals surface area contributed by atoms with E-state index in [1.165, 1.54) is 21.0 Å². The third-order valence-electron chi connectivity index (χ3n) is 3.31. The summed E-state index contributed by atoms with van der Waals surface area (Å²) in [6.07, 6.45) is -0.592. The van der Waals surface area contributed by atoms with Crippen LogP contribution in [0.3, 0.4) is 0 Å². The summed E-state index contributed by atoms with van der Waals surface area (Å²) in [5.74, 6) is -1.88. The van der Waals surface area contributed by atoms with Gasteiger partial charge in [0, 0.05) is 33.1 Å². The first-order valence-electron chi connectivity index (χ1n) is 7.40. The summed E-state index contributed by atoms with van der Waals surface area (Å²) in [7, 11) is 1.23. The summed E-state index contributed by atoms with van der Waals surface area (Å²) in [6, 6.07) is 0. The van der Waals surface area contributed by atoms with E-state index >= 15 is 0 Å². The second-order valence-electron chi connectivity index (χ2n) is 5.37. The summed E-state index contributed by atoms with van der Waals surface area (Å²) in [5.41, 5.74) is 0. The molecule has 1 fully saturated rings. The molecule has 0 bridgehead atoms. The van der Waals surface area contributed by atoms with Gasteiger partial charge in [-0.25, -0.2) is 0 Å². The fourth-order valence-electron chi connectivity index (χ4n) is 2.44. The number of cyclic esters (lactones) is 1. The van der Waals surface area contributed by atoms with Crippen LogP contribution < -0.4 is 0 Å². The zero-order valence-corrected chi connectivity index (χ0v) is 13.5. The molecule has 3 unspecified atom stereocenters. The highest BCUT2D eigenvalue weighted by atomic mass is 16.6. The van der Waals surface area contributed by atoms with Crippen LogP contribution in [0.25, 0.3) is 0 Å². The summed E-state index contributed by atoms with van der Waals surface area (Å²) < 4.78 is 20.0. The van der Waals surface area contributed by atoms with Crippen LogP contribution in [0, 0.1) is 0 Å². The molecule has 0 spiro atoms. The van der Waals surface area contributed by atoms with Crippen LogP contribution in [0.1, 0.15) is 46.0 Å². The van der Waals surface area contributed by atoms with Crippen LogP contribution in [0.4, 0.5) is 0 Å². The number of carbonyl (C=O) groups excluding carboxylic acids is 4. The van der Waals surface area contributed by atoms with E-state index in [4.69, 9.17) is 14.2 Å². The van der Waals surface area contributed by atoms with Crippen LogP contribution in [-0.2, 0) is 38.1 Å². The van der Waals surface area contributed by atoms with E-state index in [0.717, 1.165) is 0 Å². The lowest BCUT2D eigenvalue weighted by Gasteiger charge is -2.24. The Morgan fingerprint density at radius 1 is 1.17 bits per heavy atom. The summed E-state index contributed by atoms with van der Waals surface area (Å²) in [5, 5.41) is 0. The maximum Gasteiger partial charge on any atom is 0.309 e. The Balaban J connectivity index is 2.68. The fourth-order valence-corrected chi connectivity index (χ4v) is 2.44. The third kappa shape index (κ3) is 7.62. The average molecular weight is 330 g/mol. The van der Waals surface area contributed by atoms with Gasteiger partial charge >= 0.3 is 23.9 Å². The first-order chi connectivity index (χ1) is 10.8. The molecule has 23 heavy (non-hydrogen) atoms. The highest BCUT2D eigenvalue weighted by Crippen LogP contribution is 2.23. The summed E-state index contributed by atoms with van der Waals surface area (Å²) in [6.45, 7) is 2.48. The number of carbonyl (C=O) groups is 4. The first-order valence-corrected chi connectivity index (χ1v) is 7.40. The van der Waals surface area contributed by atoms with Gasteiger partial charge in [0.15, 0.2) is 0 Å². The normalized spacial score (nSPS) is 19.4. The molecular weight excluding hydrogens is 308 g/mol. The predicted octanol–water partition coefficient (Wildman–Crippen LogP) is 0.899. The van der Waals surface area contributed by atoms with Gasteiger partial charge < -0.3 is 18.9 Å². The van der Waals surface area contributed by atoms with E-state index in [9.17, 15) is 19.2 Å². The molecule has 0 aromatic heterocycles. The van der Waals surface area contributed by atoms with Crippen molar-refractivity contribution in [1.82, 2.24) is 0 Å². The molecule has 1 aliphatic rings. The molecule has 0 radical (unpaired) electrons. The SMILES string of the molecule is COC(=O)CC(CC(CC1CCC(=O)O1)OC(C)=O)OC(C)=O. The highest BCUT2D eigenvalue weighted by Gasteiger charge is 2.30. The van der Waals surface area contributed by atoms with E-state index in [1.807, 2.05) is 0 Å². The van der Waals surface area contributed by atoms with Crippen molar-refractivity contribution in [1.29, 1.82) is 0 Å². The molecule has 1 heterocycles. The molecule has 0 aliphatic carbocycles. The second kappa shape index (κ2) is 9.12. The molecule has 0 amide bonds. The summed E-state index contributed by atoms with van der Waals surface area (Å²) >= 11 is 0. The molecule has 8 heteroatoms. The van der Waals surface area contributed by atoms with E-state index in [-0.39, 0.29) is 24.9 Å². The lowest BCUT2D eigenvalue weighted by Crippen LogP contribution is -2.31. The van der Waals surface area contributed by atoms with Crippen molar-refractivity contribution in [2.75, 3.05) is 7.11 Å². The third-order valence-corrected chi connectivity index (χ3v) is 3.31. The molecule has 0 aromatic rings. The van der Waals surface area contributed by atoms with Crippen molar-refractivity contribution in [2.24, 2.45) is 0 Å². The number of rotatable bonds is 8. The summed E-state index contributed by atoms with van der Waals surface area (Å²) in [4.78, 5) is 45.0. The lowest BCUT2D eigenvalue weighted by atomic mass is 10.0. The number of hydrogen-bond donors (Lipinski definition) is 0. The van der Waals surface area contributed by atoms with Crippen LogP contribution in [0.15, 0.2) is 0 Å². The zero-order chi connectivity index (χ0) is 17.4. The standard InChI is InChI=1S/C15H22O8/c1-9(16)21-12(6-11-4-5-14(18)23-11)7-13(22-10(2)17)8-15(19)20-3/h11-13H,4-8H2,1-3H3. The topological polar surface area (TPSA) is 105 Å². The van der Waals surface area contributed by atoms with Gasteiger partial charge in [0.1, 0.15) is 18.3 Å². The van der Waals surface area contributed by atoms with Crippen molar-refractivity contribution in [3.05, 3.63) is 0 Å². The molecule has 130 valence electrons. The minimum Gasteiger partial charge on any atom is -0.469 e. The van der Waals surface area contributed by atoms with Gasteiger partial charge in [0.05, 0.1) is 13.5 Å². The Labute approximate surface area is 134 Å². The monoisotopic (exact) mass is 330 g/mol. The van der Waals surface area contributed by atoms with E-state index in [0.29, 0.717) is 19.3 Å². The average Bonchev–Trinajstić information content (AvgIpc) is 2.82. The molecule has 1 rings (SSSR count). The maximum absolute atomic E-state index is 11.4. The van der Waals surface area contributed by atoms with Crippen LogP contribution in [0.5, 0.6) is 0 Å². The highest BCUT2D eigenvalue weighted by molar-refractivity contribution is 5.72. The molecule has 3 atom stereocenters. The van der Waals surface area contributed by atoms with Crippen molar-refractivity contribution in [3.8, 4) is 0 Å². The number of hydrogen-bond acceptors (Lipinski definition) is 8. The van der Waals surface area contributed by atoms with E-state index < -0.39 is 30.1 Å². The zero-order valence-electron chi connectivity index (χ0n) is 13.5. The first kappa shape index (κ1) is 18.9. The van der Waals surface area contributed by atoms with Gasteiger partial charge in [-0.1, -0.05) is 0 Å². The second-order valence-corrected chi connectivity index (χ2v) is 5.37. The van der Waals surface area contributed by atoms with Crippen molar-refractivity contribution in [2.45, 2.75) is 64.3 Å². The van der Waals surface area contributed by atoms with Crippen LogP contribution in [-0.4, -0.2) is 49.3 Å². The molecule has 8 nitrogen and oxygen atoms in total. The molecule has 1 saturated heterocycles. The number of esters is 4. The van der Waals surface area contributed by atoms with Crippen molar-refractivity contribution < 1.29 is 38.1 Å². The van der Waals surface area contributed by atoms with Crippen LogP contribution in [0.2, 0.25) is 0 Å².